The summed E-state index contributed by atoms with van der Waals surface area (Å²) < 4.78 is 5.23. The molecule has 0 amide bonds. The van der Waals surface area contributed by atoms with Crippen LogP contribution in [0.1, 0.15) is 65.7 Å². The summed E-state index contributed by atoms with van der Waals surface area (Å²) in [5, 5.41) is 0. The number of rotatable bonds is 11. The monoisotopic (exact) mass is 228 g/mol. The van der Waals surface area contributed by atoms with Crippen LogP contribution in [0.25, 0.3) is 0 Å². The fraction of sp³-hybridized carbons (Fsp3) is 0.929. The molecular weight excluding hydrogens is 200 g/mol. The molecule has 1 unspecified atom stereocenters. The molecule has 0 saturated heterocycles. The second kappa shape index (κ2) is 11.1. The number of Topliss-reactive ketones (excluding diaryl/α,β-unsaturated/α-hetero) is 1. The van der Waals surface area contributed by atoms with Crippen molar-refractivity contribution in [1.82, 2.24) is 0 Å². The normalized spacial score (nSPS) is 12.7. The van der Waals surface area contributed by atoms with Gasteiger partial charge < -0.3 is 4.74 Å². The Morgan fingerprint density at radius 3 is 2.50 bits per heavy atom. The largest absolute Gasteiger partial charge is 0.382 e. The van der Waals surface area contributed by atoms with E-state index in [2.05, 4.69) is 13.8 Å². The molecule has 0 N–H and O–H groups in total. The summed E-state index contributed by atoms with van der Waals surface area (Å²) in [5.41, 5.74) is 0. The zero-order valence-corrected chi connectivity index (χ0v) is 11.3. The molecule has 0 bridgehead atoms. The molecular formula is C14H28O2. The van der Waals surface area contributed by atoms with Crippen molar-refractivity contribution in [3.8, 4) is 0 Å². The first-order valence-electron chi connectivity index (χ1n) is 6.83. The average Bonchev–Trinajstić information content (AvgIpc) is 2.30. The standard InChI is InChI=1S/C14H28O2/c1-4-7-9-13(5-2)12-14(15)10-8-11-16-6-3/h13H,4-12H2,1-3H3. The number of hydrogen-bond donors (Lipinski definition) is 0. The van der Waals surface area contributed by atoms with Crippen molar-refractivity contribution in [3.63, 3.8) is 0 Å². The highest BCUT2D eigenvalue weighted by Crippen LogP contribution is 2.18. The maximum absolute atomic E-state index is 11.7. The van der Waals surface area contributed by atoms with Crippen molar-refractivity contribution in [3.05, 3.63) is 0 Å². The molecule has 0 aliphatic rings. The van der Waals surface area contributed by atoms with Crippen molar-refractivity contribution in [2.24, 2.45) is 5.92 Å². The minimum absolute atomic E-state index is 0.419. The average molecular weight is 228 g/mol. The number of ether oxygens (including phenoxy) is 1. The van der Waals surface area contributed by atoms with Crippen LogP contribution in [0.3, 0.4) is 0 Å². The van der Waals surface area contributed by atoms with E-state index in [9.17, 15) is 4.79 Å². The number of unbranched alkanes of at least 4 members (excludes halogenated alkanes) is 1. The molecule has 0 aliphatic carbocycles. The Kier molecular flexibility index (Phi) is 10.9. The van der Waals surface area contributed by atoms with Gasteiger partial charge in [0, 0.05) is 26.1 Å². The molecule has 0 saturated carbocycles. The summed E-state index contributed by atoms with van der Waals surface area (Å²) in [6.45, 7) is 7.86. The summed E-state index contributed by atoms with van der Waals surface area (Å²) >= 11 is 0. The van der Waals surface area contributed by atoms with Crippen LogP contribution in [0, 0.1) is 5.92 Å². The van der Waals surface area contributed by atoms with E-state index in [-0.39, 0.29) is 0 Å². The van der Waals surface area contributed by atoms with Gasteiger partial charge in [0.25, 0.3) is 0 Å². The molecule has 96 valence electrons. The van der Waals surface area contributed by atoms with Gasteiger partial charge in [0.2, 0.25) is 0 Å². The molecule has 0 aliphatic heterocycles. The third-order valence-electron chi connectivity index (χ3n) is 3.01. The number of carbonyl (C=O) groups excluding carboxylic acids is 1. The molecule has 0 spiro atoms. The number of ketones is 1. The zero-order chi connectivity index (χ0) is 12.2. The third-order valence-corrected chi connectivity index (χ3v) is 3.01. The fourth-order valence-electron chi connectivity index (χ4n) is 1.88. The van der Waals surface area contributed by atoms with Gasteiger partial charge in [0.15, 0.2) is 0 Å². The first-order valence-corrected chi connectivity index (χ1v) is 6.83. The van der Waals surface area contributed by atoms with Gasteiger partial charge in [-0.05, 0) is 19.3 Å². The Balaban J connectivity index is 3.57. The van der Waals surface area contributed by atoms with Gasteiger partial charge in [-0.3, -0.25) is 4.79 Å². The molecule has 0 fully saturated rings. The SMILES string of the molecule is CCCCC(CC)CC(=O)CCCOCC. The second-order valence-corrected chi connectivity index (χ2v) is 4.46. The highest BCUT2D eigenvalue weighted by atomic mass is 16.5. The summed E-state index contributed by atoms with van der Waals surface area (Å²) in [7, 11) is 0. The molecule has 0 rings (SSSR count). The van der Waals surface area contributed by atoms with E-state index in [1.807, 2.05) is 6.92 Å². The Labute approximate surface area is 101 Å². The molecule has 1 atom stereocenters. The van der Waals surface area contributed by atoms with Crippen LogP contribution in [0.2, 0.25) is 0 Å². The molecule has 0 aromatic heterocycles. The van der Waals surface area contributed by atoms with Crippen LogP contribution in [-0.2, 0) is 9.53 Å². The smallest absolute Gasteiger partial charge is 0.133 e. The van der Waals surface area contributed by atoms with Gasteiger partial charge in [-0.2, -0.15) is 0 Å². The van der Waals surface area contributed by atoms with E-state index in [4.69, 9.17) is 4.74 Å². The van der Waals surface area contributed by atoms with Crippen molar-refractivity contribution in [2.45, 2.75) is 65.7 Å². The third kappa shape index (κ3) is 8.90. The van der Waals surface area contributed by atoms with Gasteiger partial charge in [-0.1, -0.05) is 39.5 Å². The predicted molar refractivity (Wildman–Crippen MR) is 68.7 cm³/mol. The van der Waals surface area contributed by atoms with Crippen LogP contribution < -0.4 is 0 Å². The minimum atomic E-state index is 0.419. The fourth-order valence-corrected chi connectivity index (χ4v) is 1.88. The maximum Gasteiger partial charge on any atom is 0.133 e. The van der Waals surface area contributed by atoms with E-state index in [1.54, 1.807) is 0 Å². The Morgan fingerprint density at radius 2 is 1.94 bits per heavy atom. The predicted octanol–water partition coefficient (Wildman–Crippen LogP) is 3.98. The minimum Gasteiger partial charge on any atom is -0.382 e. The Hall–Kier alpha value is -0.370. The first kappa shape index (κ1) is 15.6. The lowest BCUT2D eigenvalue weighted by Crippen LogP contribution is -2.09. The van der Waals surface area contributed by atoms with Gasteiger partial charge in [0.05, 0.1) is 0 Å². The van der Waals surface area contributed by atoms with E-state index in [0.717, 1.165) is 32.5 Å². The summed E-state index contributed by atoms with van der Waals surface area (Å²) in [5.74, 6) is 1.03. The van der Waals surface area contributed by atoms with E-state index in [1.165, 1.54) is 19.3 Å². The van der Waals surface area contributed by atoms with Crippen LogP contribution in [-0.4, -0.2) is 19.0 Å². The molecule has 16 heavy (non-hydrogen) atoms. The number of carbonyl (C=O) groups is 1. The van der Waals surface area contributed by atoms with Crippen LogP contribution >= 0.6 is 0 Å². The maximum atomic E-state index is 11.7. The van der Waals surface area contributed by atoms with E-state index >= 15 is 0 Å². The van der Waals surface area contributed by atoms with Gasteiger partial charge >= 0.3 is 0 Å². The van der Waals surface area contributed by atoms with Crippen molar-refractivity contribution in [2.75, 3.05) is 13.2 Å². The first-order chi connectivity index (χ1) is 7.74. The van der Waals surface area contributed by atoms with Crippen molar-refractivity contribution in [1.29, 1.82) is 0 Å². The van der Waals surface area contributed by atoms with E-state index in [0.29, 0.717) is 18.1 Å². The molecule has 2 nitrogen and oxygen atoms in total. The zero-order valence-electron chi connectivity index (χ0n) is 11.3. The molecule has 0 heterocycles. The highest BCUT2D eigenvalue weighted by molar-refractivity contribution is 5.78. The second-order valence-electron chi connectivity index (χ2n) is 4.46. The topological polar surface area (TPSA) is 26.3 Å². The molecule has 0 aromatic carbocycles. The van der Waals surface area contributed by atoms with Crippen LogP contribution in [0.5, 0.6) is 0 Å². The Bertz CT molecular complexity index is 166. The summed E-state index contributed by atoms with van der Waals surface area (Å²) in [6, 6.07) is 0. The Morgan fingerprint density at radius 1 is 1.19 bits per heavy atom. The van der Waals surface area contributed by atoms with Crippen molar-refractivity contribution >= 4 is 5.78 Å². The van der Waals surface area contributed by atoms with Crippen LogP contribution in [0.15, 0.2) is 0 Å². The van der Waals surface area contributed by atoms with Crippen molar-refractivity contribution < 1.29 is 9.53 Å². The van der Waals surface area contributed by atoms with E-state index < -0.39 is 0 Å². The number of hydrogen-bond acceptors (Lipinski definition) is 2. The van der Waals surface area contributed by atoms with Gasteiger partial charge in [-0.25, -0.2) is 0 Å². The lowest BCUT2D eigenvalue weighted by atomic mass is 9.92. The van der Waals surface area contributed by atoms with Gasteiger partial charge in [0.1, 0.15) is 5.78 Å². The van der Waals surface area contributed by atoms with Gasteiger partial charge in [-0.15, -0.1) is 0 Å². The molecule has 0 aromatic rings. The lowest BCUT2D eigenvalue weighted by molar-refractivity contribution is -0.120. The molecule has 2 heteroatoms. The summed E-state index contributed by atoms with van der Waals surface area (Å²) in [4.78, 5) is 11.7. The molecule has 0 radical (unpaired) electrons. The highest BCUT2D eigenvalue weighted by Gasteiger charge is 2.11. The lowest BCUT2D eigenvalue weighted by Gasteiger charge is -2.13. The van der Waals surface area contributed by atoms with Crippen LogP contribution in [0.4, 0.5) is 0 Å². The summed E-state index contributed by atoms with van der Waals surface area (Å²) in [6.07, 6.45) is 7.20. The quantitative estimate of drug-likeness (QED) is 0.500.